The standard InChI is InChI=1S/C13H22N4S/c1-8-12(14)15-9(2)16-13(8)17-10-4-6-11(18-3)7-5-10/h10-11H,4-7H2,1-3H3,(H3,14,15,16,17). The molecule has 0 aliphatic heterocycles. The number of hydrogen-bond donors (Lipinski definition) is 2. The summed E-state index contributed by atoms with van der Waals surface area (Å²) in [5, 5.41) is 4.37. The van der Waals surface area contributed by atoms with Crippen molar-refractivity contribution in [1.82, 2.24) is 9.97 Å². The SMILES string of the molecule is CSC1CCC(Nc2nc(C)nc(N)c2C)CC1. The maximum atomic E-state index is 5.88. The minimum Gasteiger partial charge on any atom is -0.383 e. The summed E-state index contributed by atoms with van der Waals surface area (Å²) in [6.07, 6.45) is 7.22. The van der Waals surface area contributed by atoms with Gasteiger partial charge in [0.1, 0.15) is 17.5 Å². The van der Waals surface area contributed by atoms with Crippen molar-refractivity contribution in [2.75, 3.05) is 17.3 Å². The average Bonchev–Trinajstić information content (AvgIpc) is 2.36. The molecule has 1 aromatic heterocycles. The van der Waals surface area contributed by atoms with Gasteiger partial charge in [0.2, 0.25) is 0 Å². The average molecular weight is 266 g/mol. The quantitative estimate of drug-likeness (QED) is 0.880. The van der Waals surface area contributed by atoms with Gasteiger partial charge in [-0.05, 0) is 45.8 Å². The van der Waals surface area contributed by atoms with Gasteiger partial charge >= 0.3 is 0 Å². The summed E-state index contributed by atoms with van der Waals surface area (Å²) in [7, 11) is 0. The predicted molar refractivity (Wildman–Crippen MR) is 79.1 cm³/mol. The lowest BCUT2D eigenvalue weighted by molar-refractivity contribution is 0.472. The lowest BCUT2D eigenvalue weighted by atomic mass is 9.95. The Morgan fingerprint density at radius 3 is 2.44 bits per heavy atom. The molecule has 3 N–H and O–H groups in total. The second-order valence-corrected chi connectivity index (χ2v) is 6.12. The van der Waals surface area contributed by atoms with E-state index in [1.807, 2.05) is 25.6 Å². The first-order valence-corrected chi connectivity index (χ1v) is 7.79. The summed E-state index contributed by atoms with van der Waals surface area (Å²) in [5.74, 6) is 2.23. The third-order valence-corrected chi connectivity index (χ3v) is 4.78. The Kier molecular flexibility index (Phi) is 4.32. The molecule has 0 saturated heterocycles. The van der Waals surface area contributed by atoms with Crippen molar-refractivity contribution in [3.63, 3.8) is 0 Å². The number of hydrogen-bond acceptors (Lipinski definition) is 5. The molecule has 0 radical (unpaired) electrons. The van der Waals surface area contributed by atoms with Crippen molar-refractivity contribution in [2.45, 2.75) is 50.8 Å². The van der Waals surface area contributed by atoms with Crippen LogP contribution >= 0.6 is 11.8 Å². The Balaban J connectivity index is 2.02. The summed E-state index contributed by atoms with van der Waals surface area (Å²) >= 11 is 1.99. The largest absolute Gasteiger partial charge is 0.383 e. The van der Waals surface area contributed by atoms with Gasteiger partial charge in [-0.1, -0.05) is 0 Å². The molecule has 2 rings (SSSR count). The van der Waals surface area contributed by atoms with Crippen LogP contribution in [0.25, 0.3) is 0 Å². The summed E-state index contributed by atoms with van der Waals surface area (Å²) in [4.78, 5) is 8.63. The highest BCUT2D eigenvalue weighted by Crippen LogP contribution is 2.29. The van der Waals surface area contributed by atoms with Gasteiger partial charge in [0.25, 0.3) is 0 Å². The van der Waals surface area contributed by atoms with Crippen LogP contribution in [-0.4, -0.2) is 27.5 Å². The molecule has 1 heterocycles. The van der Waals surface area contributed by atoms with Gasteiger partial charge in [-0.25, -0.2) is 9.97 Å². The maximum absolute atomic E-state index is 5.88. The highest BCUT2D eigenvalue weighted by atomic mass is 32.2. The molecule has 0 aromatic carbocycles. The minimum atomic E-state index is 0.529. The lowest BCUT2D eigenvalue weighted by Crippen LogP contribution is -2.28. The Labute approximate surface area is 113 Å². The Morgan fingerprint density at radius 1 is 1.17 bits per heavy atom. The summed E-state index contributed by atoms with van der Waals surface area (Å²) in [6.45, 7) is 3.86. The monoisotopic (exact) mass is 266 g/mol. The second kappa shape index (κ2) is 5.78. The van der Waals surface area contributed by atoms with Crippen LogP contribution in [0.3, 0.4) is 0 Å². The lowest BCUT2D eigenvalue weighted by Gasteiger charge is -2.29. The first kappa shape index (κ1) is 13.5. The van der Waals surface area contributed by atoms with Crippen LogP contribution in [0.15, 0.2) is 0 Å². The Bertz CT molecular complexity index is 414. The van der Waals surface area contributed by atoms with Gasteiger partial charge in [0.05, 0.1) is 0 Å². The van der Waals surface area contributed by atoms with E-state index < -0.39 is 0 Å². The van der Waals surface area contributed by atoms with E-state index in [1.165, 1.54) is 25.7 Å². The highest BCUT2D eigenvalue weighted by Gasteiger charge is 2.21. The third-order valence-electron chi connectivity index (χ3n) is 3.64. The molecule has 0 spiro atoms. The molecule has 0 unspecified atom stereocenters. The molecule has 0 amide bonds. The van der Waals surface area contributed by atoms with Crippen LogP contribution < -0.4 is 11.1 Å². The smallest absolute Gasteiger partial charge is 0.134 e. The molecular weight excluding hydrogens is 244 g/mol. The van der Waals surface area contributed by atoms with Crippen LogP contribution in [0.4, 0.5) is 11.6 Å². The molecule has 1 fully saturated rings. The van der Waals surface area contributed by atoms with Crippen molar-refractivity contribution in [1.29, 1.82) is 0 Å². The van der Waals surface area contributed by atoms with Crippen molar-refractivity contribution >= 4 is 23.4 Å². The molecular formula is C13H22N4S. The number of nitrogen functional groups attached to an aromatic ring is 1. The first-order valence-electron chi connectivity index (χ1n) is 6.50. The number of aromatic nitrogens is 2. The fourth-order valence-electron chi connectivity index (χ4n) is 2.43. The fourth-order valence-corrected chi connectivity index (χ4v) is 3.17. The number of aryl methyl sites for hydroxylation is 1. The van der Waals surface area contributed by atoms with Gasteiger partial charge < -0.3 is 11.1 Å². The zero-order chi connectivity index (χ0) is 13.1. The maximum Gasteiger partial charge on any atom is 0.134 e. The topological polar surface area (TPSA) is 63.8 Å². The summed E-state index contributed by atoms with van der Waals surface area (Å²) in [5.41, 5.74) is 6.84. The number of nitrogens with one attached hydrogen (secondary N) is 1. The van der Waals surface area contributed by atoms with E-state index in [0.717, 1.165) is 22.5 Å². The molecule has 1 aromatic rings. The van der Waals surface area contributed by atoms with Crippen molar-refractivity contribution in [2.24, 2.45) is 0 Å². The minimum absolute atomic E-state index is 0.529. The van der Waals surface area contributed by atoms with E-state index >= 15 is 0 Å². The molecule has 18 heavy (non-hydrogen) atoms. The predicted octanol–water partition coefficient (Wildman–Crippen LogP) is 2.76. The van der Waals surface area contributed by atoms with Crippen LogP contribution in [0.2, 0.25) is 0 Å². The molecule has 5 heteroatoms. The molecule has 1 aliphatic rings. The summed E-state index contributed by atoms with van der Waals surface area (Å²) in [6, 6.07) is 0.529. The zero-order valence-electron chi connectivity index (χ0n) is 11.4. The molecule has 1 saturated carbocycles. The molecule has 0 atom stereocenters. The Hall–Kier alpha value is -0.970. The Morgan fingerprint density at radius 2 is 1.83 bits per heavy atom. The number of anilines is 2. The van der Waals surface area contributed by atoms with E-state index in [2.05, 4.69) is 21.5 Å². The van der Waals surface area contributed by atoms with E-state index in [9.17, 15) is 0 Å². The molecule has 100 valence electrons. The van der Waals surface area contributed by atoms with Gasteiger partial charge in [-0.2, -0.15) is 11.8 Å². The van der Waals surface area contributed by atoms with Crippen LogP contribution in [-0.2, 0) is 0 Å². The van der Waals surface area contributed by atoms with Crippen LogP contribution in [0.1, 0.15) is 37.1 Å². The first-order chi connectivity index (χ1) is 8.60. The van der Waals surface area contributed by atoms with E-state index in [1.54, 1.807) is 0 Å². The third kappa shape index (κ3) is 3.07. The molecule has 4 nitrogen and oxygen atoms in total. The fraction of sp³-hybridized carbons (Fsp3) is 0.692. The second-order valence-electron chi connectivity index (χ2n) is 4.98. The summed E-state index contributed by atoms with van der Waals surface area (Å²) < 4.78 is 0. The highest BCUT2D eigenvalue weighted by molar-refractivity contribution is 7.99. The number of nitrogens with two attached hydrogens (primary N) is 1. The van der Waals surface area contributed by atoms with E-state index in [-0.39, 0.29) is 0 Å². The van der Waals surface area contributed by atoms with Crippen molar-refractivity contribution < 1.29 is 0 Å². The van der Waals surface area contributed by atoms with Crippen molar-refractivity contribution in [3.8, 4) is 0 Å². The van der Waals surface area contributed by atoms with Crippen molar-refractivity contribution in [3.05, 3.63) is 11.4 Å². The van der Waals surface area contributed by atoms with Gasteiger partial charge in [-0.3, -0.25) is 0 Å². The molecule has 0 bridgehead atoms. The van der Waals surface area contributed by atoms with E-state index in [4.69, 9.17) is 5.73 Å². The van der Waals surface area contributed by atoms with Crippen LogP contribution in [0.5, 0.6) is 0 Å². The van der Waals surface area contributed by atoms with Gasteiger partial charge in [0, 0.05) is 16.9 Å². The molecule has 1 aliphatic carbocycles. The van der Waals surface area contributed by atoms with Gasteiger partial charge in [-0.15, -0.1) is 0 Å². The van der Waals surface area contributed by atoms with Gasteiger partial charge in [0.15, 0.2) is 0 Å². The normalized spacial score (nSPS) is 23.9. The van der Waals surface area contributed by atoms with Crippen LogP contribution in [0, 0.1) is 13.8 Å². The number of thioether (sulfide) groups is 1. The van der Waals surface area contributed by atoms with E-state index in [0.29, 0.717) is 11.9 Å². The number of nitrogens with zero attached hydrogens (tertiary/aromatic N) is 2. The number of rotatable bonds is 3. The zero-order valence-corrected chi connectivity index (χ0v) is 12.2.